The molecule has 5 heteroatoms. The minimum absolute atomic E-state index is 0.818. The molecule has 0 aliphatic rings. The standard InChI is InChI=1S/C11H14N4S/c1-7-6-9(4-5-10(7)12)16-11-14-13-8(2)15(11)3/h4-6H,12H2,1-3H3. The van der Waals surface area contributed by atoms with Crippen molar-refractivity contribution in [2.24, 2.45) is 7.05 Å². The Bertz CT molecular complexity index is 519. The van der Waals surface area contributed by atoms with E-state index in [1.165, 1.54) is 0 Å². The van der Waals surface area contributed by atoms with Gasteiger partial charge in [-0.3, -0.25) is 0 Å². The summed E-state index contributed by atoms with van der Waals surface area (Å²) in [4.78, 5) is 1.13. The lowest BCUT2D eigenvalue weighted by Crippen LogP contribution is -1.93. The summed E-state index contributed by atoms with van der Waals surface area (Å²) >= 11 is 1.59. The van der Waals surface area contributed by atoms with Crippen LogP contribution in [0.4, 0.5) is 5.69 Å². The van der Waals surface area contributed by atoms with Crippen molar-refractivity contribution < 1.29 is 0 Å². The van der Waals surface area contributed by atoms with E-state index in [4.69, 9.17) is 5.73 Å². The Morgan fingerprint density at radius 3 is 2.56 bits per heavy atom. The molecule has 2 aromatic rings. The summed E-state index contributed by atoms with van der Waals surface area (Å²) in [7, 11) is 1.96. The fraction of sp³-hybridized carbons (Fsp3) is 0.273. The molecule has 84 valence electrons. The van der Waals surface area contributed by atoms with E-state index in [9.17, 15) is 0 Å². The van der Waals surface area contributed by atoms with Gasteiger partial charge in [0.2, 0.25) is 0 Å². The van der Waals surface area contributed by atoms with Crippen LogP contribution in [0.15, 0.2) is 28.3 Å². The molecule has 0 aliphatic heterocycles. The van der Waals surface area contributed by atoms with E-state index in [1.807, 2.05) is 37.6 Å². The monoisotopic (exact) mass is 234 g/mol. The Morgan fingerprint density at radius 1 is 1.25 bits per heavy atom. The van der Waals surface area contributed by atoms with Crippen LogP contribution in [0.3, 0.4) is 0 Å². The molecule has 0 radical (unpaired) electrons. The van der Waals surface area contributed by atoms with Gasteiger partial charge in [0.15, 0.2) is 5.16 Å². The average Bonchev–Trinajstić information content (AvgIpc) is 2.55. The third-order valence-electron chi connectivity index (χ3n) is 2.50. The first-order valence-corrected chi connectivity index (χ1v) is 5.79. The van der Waals surface area contributed by atoms with Crippen LogP contribution in [0.25, 0.3) is 0 Å². The van der Waals surface area contributed by atoms with Gasteiger partial charge in [-0.05, 0) is 49.4 Å². The summed E-state index contributed by atoms with van der Waals surface area (Å²) in [6.07, 6.45) is 0. The lowest BCUT2D eigenvalue weighted by molar-refractivity contribution is 0.765. The number of aromatic nitrogens is 3. The highest BCUT2D eigenvalue weighted by Gasteiger charge is 2.07. The zero-order chi connectivity index (χ0) is 11.7. The largest absolute Gasteiger partial charge is 0.399 e. The quantitative estimate of drug-likeness (QED) is 0.809. The van der Waals surface area contributed by atoms with Gasteiger partial charge in [0, 0.05) is 17.6 Å². The van der Waals surface area contributed by atoms with E-state index in [-0.39, 0.29) is 0 Å². The molecule has 0 amide bonds. The number of hydrogen-bond acceptors (Lipinski definition) is 4. The summed E-state index contributed by atoms with van der Waals surface area (Å²) in [6, 6.07) is 5.97. The minimum atomic E-state index is 0.818. The minimum Gasteiger partial charge on any atom is -0.399 e. The van der Waals surface area contributed by atoms with Gasteiger partial charge in [-0.1, -0.05) is 0 Å². The van der Waals surface area contributed by atoms with Crippen LogP contribution >= 0.6 is 11.8 Å². The number of benzene rings is 1. The smallest absolute Gasteiger partial charge is 0.195 e. The van der Waals surface area contributed by atoms with E-state index in [1.54, 1.807) is 11.8 Å². The summed E-state index contributed by atoms with van der Waals surface area (Å²) < 4.78 is 1.97. The number of nitrogens with two attached hydrogens (primary N) is 1. The Kier molecular flexibility index (Phi) is 2.87. The van der Waals surface area contributed by atoms with Gasteiger partial charge in [0.05, 0.1) is 0 Å². The number of hydrogen-bond donors (Lipinski definition) is 1. The fourth-order valence-corrected chi connectivity index (χ4v) is 2.23. The lowest BCUT2D eigenvalue weighted by atomic mass is 10.2. The fourth-order valence-electron chi connectivity index (χ4n) is 1.29. The first-order valence-electron chi connectivity index (χ1n) is 4.98. The SMILES string of the molecule is Cc1cc(Sc2nnc(C)n2C)ccc1N. The second-order valence-electron chi connectivity index (χ2n) is 3.71. The van der Waals surface area contributed by atoms with Crippen molar-refractivity contribution in [3.63, 3.8) is 0 Å². The van der Waals surface area contributed by atoms with Crippen molar-refractivity contribution in [2.45, 2.75) is 23.9 Å². The van der Waals surface area contributed by atoms with E-state index >= 15 is 0 Å². The molecule has 0 spiro atoms. The molecule has 0 saturated carbocycles. The molecular formula is C11H14N4S. The topological polar surface area (TPSA) is 56.7 Å². The van der Waals surface area contributed by atoms with Crippen molar-refractivity contribution in [1.29, 1.82) is 0 Å². The van der Waals surface area contributed by atoms with Gasteiger partial charge < -0.3 is 10.3 Å². The molecule has 0 fully saturated rings. The molecule has 2 rings (SSSR count). The maximum Gasteiger partial charge on any atom is 0.195 e. The number of nitrogen functional groups attached to an aromatic ring is 1. The van der Waals surface area contributed by atoms with Crippen LogP contribution in [0, 0.1) is 13.8 Å². The number of anilines is 1. The summed E-state index contributed by atoms with van der Waals surface area (Å²) in [5, 5.41) is 9.02. The normalized spacial score (nSPS) is 10.7. The van der Waals surface area contributed by atoms with Crippen molar-refractivity contribution in [2.75, 3.05) is 5.73 Å². The Balaban J connectivity index is 2.27. The van der Waals surface area contributed by atoms with Gasteiger partial charge >= 0.3 is 0 Å². The summed E-state index contributed by atoms with van der Waals surface area (Å²) in [5.41, 5.74) is 7.68. The molecule has 0 bridgehead atoms. The van der Waals surface area contributed by atoms with Gasteiger partial charge in [0.1, 0.15) is 5.82 Å². The molecule has 16 heavy (non-hydrogen) atoms. The Hall–Kier alpha value is -1.49. The molecule has 4 nitrogen and oxygen atoms in total. The predicted molar refractivity (Wildman–Crippen MR) is 65.5 cm³/mol. The maximum atomic E-state index is 5.77. The molecule has 1 heterocycles. The second-order valence-corrected chi connectivity index (χ2v) is 4.75. The molecule has 2 N–H and O–H groups in total. The molecule has 0 atom stereocenters. The Labute approximate surface area is 98.9 Å². The van der Waals surface area contributed by atoms with E-state index in [2.05, 4.69) is 16.3 Å². The van der Waals surface area contributed by atoms with Crippen LogP contribution < -0.4 is 5.73 Å². The molecular weight excluding hydrogens is 220 g/mol. The predicted octanol–water partition coefficient (Wildman–Crippen LogP) is 2.17. The molecule has 0 unspecified atom stereocenters. The maximum absolute atomic E-state index is 5.77. The molecule has 1 aromatic carbocycles. The highest BCUT2D eigenvalue weighted by Crippen LogP contribution is 2.28. The van der Waals surface area contributed by atoms with E-state index in [0.717, 1.165) is 27.1 Å². The van der Waals surface area contributed by atoms with Crippen molar-refractivity contribution in [1.82, 2.24) is 14.8 Å². The highest BCUT2D eigenvalue weighted by molar-refractivity contribution is 7.99. The zero-order valence-electron chi connectivity index (χ0n) is 9.56. The van der Waals surface area contributed by atoms with Crippen LogP contribution in [0.5, 0.6) is 0 Å². The van der Waals surface area contributed by atoms with Gasteiger partial charge in [-0.15, -0.1) is 10.2 Å². The summed E-state index contributed by atoms with van der Waals surface area (Å²) in [6.45, 7) is 3.94. The zero-order valence-corrected chi connectivity index (χ0v) is 10.4. The van der Waals surface area contributed by atoms with E-state index in [0.29, 0.717) is 0 Å². The van der Waals surface area contributed by atoms with Crippen LogP contribution in [0.2, 0.25) is 0 Å². The average molecular weight is 234 g/mol. The van der Waals surface area contributed by atoms with Gasteiger partial charge in [-0.2, -0.15) is 0 Å². The Morgan fingerprint density at radius 2 is 2.00 bits per heavy atom. The first kappa shape index (κ1) is 11.0. The van der Waals surface area contributed by atoms with Crippen LogP contribution in [-0.2, 0) is 7.05 Å². The molecule has 0 saturated heterocycles. The van der Waals surface area contributed by atoms with Crippen LogP contribution in [-0.4, -0.2) is 14.8 Å². The van der Waals surface area contributed by atoms with Crippen molar-refractivity contribution in [3.8, 4) is 0 Å². The lowest BCUT2D eigenvalue weighted by Gasteiger charge is -2.04. The van der Waals surface area contributed by atoms with Crippen molar-refractivity contribution >= 4 is 17.4 Å². The number of rotatable bonds is 2. The van der Waals surface area contributed by atoms with E-state index < -0.39 is 0 Å². The third kappa shape index (κ3) is 2.04. The van der Waals surface area contributed by atoms with Gasteiger partial charge in [0.25, 0.3) is 0 Å². The highest BCUT2D eigenvalue weighted by atomic mass is 32.2. The summed E-state index contributed by atoms with van der Waals surface area (Å²) in [5.74, 6) is 0.912. The number of nitrogens with zero attached hydrogens (tertiary/aromatic N) is 3. The van der Waals surface area contributed by atoms with Crippen LogP contribution in [0.1, 0.15) is 11.4 Å². The molecule has 0 aliphatic carbocycles. The number of aryl methyl sites for hydroxylation is 2. The second kappa shape index (κ2) is 4.17. The van der Waals surface area contributed by atoms with Crippen molar-refractivity contribution in [3.05, 3.63) is 29.6 Å². The van der Waals surface area contributed by atoms with Gasteiger partial charge in [-0.25, -0.2) is 0 Å². The first-order chi connectivity index (χ1) is 7.58. The molecule has 1 aromatic heterocycles. The third-order valence-corrected chi connectivity index (χ3v) is 3.53.